The van der Waals surface area contributed by atoms with Gasteiger partial charge in [-0.2, -0.15) is 0 Å². The Balaban J connectivity index is 2.57. The lowest BCUT2D eigenvalue weighted by atomic mass is 10.1. The maximum atomic E-state index is 11.6. The lowest BCUT2D eigenvalue weighted by Gasteiger charge is -2.23. The number of cyclic esters (lactones) is 1. The molecule has 1 heterocycles. The molecule has 0 aliphatic carbocycles. The van der Waals surface area contributed by atoms with Crippen molar-refractivity contribution in [2.45, 2.75) is 31.5 Å². The second kappa shape index (κ2) is 7.58. The van der Waals surface area contributed by atoms with E-state index in [0.717, 1.165) is 0 Å². The summed E-state index contributed by atoms with van der Waals surface area (Å²) in [5.41, 5.74) is 0. The van der Waals surface area contributed by atoms with E-state index < -0.39 is 29.9 Å². The number of amides is 2. The number of carboxylic acid groups (broad SMARTS) is 1. The van der Waals surface area contributed by atoms with E-state index in [-0.39, 0.29) is 19.2 Å². The number of likely N-dealkylation sites (N-methyl/N-ethyl adjacent to an activating group) is 1. The van der Waals surface area contributed by atoms with Crippen molar-refractivity contribution in [1.82, 2.24) is 15.5 Å². The highest BCUT2D eigenvalue weighted by atomic mass is 16.6. The highest BCUT2D eigenvalue weighted by Crippen LogP contribution is 2.14. The monoisotopic (exact) mass is 301 g/mol. The van der Waals surface area contributed by atoms with Gasteiger partial charge in [0.25, 0.3) is 0 Å². The Bertz CT molecular complexity index is 427. The molecule has 1 saturated heterocycles. The third-order valence-electron chi connectivity index (χ3n) is 3.09. The Morgan fingerprint density at radius 1 is 1.57 bits per heavy atom. The van der Waals surface area contributed by atoms with Crippen LogP contribution in [0.4, 0.5) is 0 Å². The molecule has 1 fully saturated rings. The molecule has 21 heavy (non-hydrogen) atoms. The molecular weight excluding hydrogens is 282 g/mol. The summed E-state index contributed by atoms with van der Waals surface area (Å²) >= 11 is 0. The molecule has 0 saturated carbocycles. The number of carboxylic acids is 1. The average Bonchev–Trinajstić information content (AvgIpc) is 2.73. The van der Waals surface area contributed by atoms with Crippen LogP contribution in [0.1, 0.15) is 13.3 Å². The Morgan fingerprint density at radius 2 is 2.24 bits per heavy atom. The third-order valence-corrected chi connectivity index (χ3v) is 3.09. The van der Waals surface area contributed by atoms with E-state index in [0.29, 0.717) is 12.8 Å². The number of nitrogens with zero attached hydrogens (tertiary/aromatic N) is 1. The van der Waals surface area contributed by atoms with Crippen LogP contribution in [0, 0.1) is 0 Å². The van der Waals surface area contributed by atoms with E-state index in [1.807, 2.05) is 0 Å². The number of carbonyl (C=O) groups is 4. The Hall–Kier alpha value is -2.16. The topological polar surface area (TPSA) is 125 Å². The molecule has 0 aromatic heterocycles. The molecule has 1 aliphatic rings. The summed E-state index contributed by atoms with van der Waals surface area (Å²) in [5, 5.41) is 14.1. The number of hydrogen-bond acceptors (Lipinski definition) is 6. The van der Waals surface area contributed by atoms with Crippen LogP contribution >= 0.6 is 0 Å². The third kappa shape index (κ3) is 5.03. The van der Waals surface area contributed by atoms with E-state index >= 15 is 0 Å². The van der Waals surface area contributed by atoms with E-state index in [1.165, 1.54) is 11.9 Å². The number of carbonyl (C=O) groups excluding carboxylic acids is 3. The van der Waals surface area contributed by atoms with Crippen LogP contribution in [0.15, 0.2) is 0 Å². The van der Waals surface area contributed by atoms with Crippen molar-refractivity contribution < 1.29 is 29.0 Å². The van der Waals surface area contributed by atoms with Gasteiger partial charge in [0.15, 0.2) is 0 Å². The van der Waals surface area contributed by atoms with Crippen molar-refractivity contribution in [3.8, 4) is 0 Å². The zero-order chi connectivity index (χ0) is 16.0. The van der Waals surface area contributed by atoms with Gasteiger partial charge in [0.1, 0.15) is 18.2 Å². The molecule has 1 rings (SSSR count). The van der Waals surface area contributed by atoms with Crippen LogP contribution < -0.4 is 10.6 Å². The normalized spacial score (nSPS) is 22.3. The summed E-state index contributed by atoms with van der Waals surface area (Å²) in [4.78, 5) is 45.6. The van der Waals surface area contributed by atoms with Gasteiger partial charge in [0, 0.05) is 20.0 Å². The highest BCUT2D eigenvalue weighted by molar-refractivity contribution is 5.82. The van der Waals surface area contributed by atoms with E-state index in [4.69, 9.17) is 9.84 Å². The standard InChI is InChI=1S/C12H19N3O6/c1-7-3-8(12(20)21-7)14-9(11(18)19)5-15(2)10(17)4-13-6-16/h6-9,14H,3-5H2,1-2H3,(H,13,16)(H,18,19)/t7?,8-,9-/m0/s1. The molecule has 0 radical (unpaired) electrons. The Morgan fingerprint density at radius 3 is 2.71 bits per heavy atom. The summed E-state index contributed by atoms with van der Waals surface area (Å²) in [6.07, 6.45) is 0.502. The van der Waals surface area contributed by atoms with E-state index in [1.54, 1.807) is 6.92 Å². The SMILES string of the molecule is CC1C[C@H](N[C@@H](CN(C)C(=O)CNC=O)C(=O)O)C(=O)O1. The molecule has 3 atom stereocenters. The summed E-state index contributed by atoms with van der Waals surface area (Å²) in [5.74, 6) is -2.10. The molecule has 2 amide bonds. The molecule has 1 unspecified atom stereocenters. The first-order valence-corrected chi connectivity index (χ1v) is 6.45. The number of esters is 1. The number of nitrogens with one attached hydrogen (secondary N) is 2. The van der Waals surface area contributed by atoms with Crippen molar-refractivity contribution in [3.63, 3.8) is 0 Å². The molecule has 9 nitrogen and oxygen atoms in total. The van der Waals surface area contributed by atoms with Gasteiger partial charge in [-0.15, -0.1) is 0 Å². The van der Waals surface area contributed by atoms with Gasteiger partial charge in [-0.05, 0) is 6.92 Å². The fourth-order valence-electron chi connectivity index (χ4n) is 1.98. The van der Waals surface area contributed by atoms with Crippen LogP contribution in [0.5, 0.6) is 0 Å². The molecular formula is C12H19N3O6. The number of aliphatic carboxylic acids is 1. The molecule has 0 aromatic carbocycles. The minimum absolute atomic E-state index is 0.132. The Labute approximate surface area is 121 Å². The Kier molecular flexibility index (Phi) is 6.10. The number of ether oxygens (including phenoxy) is 1. The van der Waals surface area contributed by atoms with Crippen LogP contribution in [0.25, 0.3) is 0 Å². The zero-order valence-corrected chi connectivity index (χ0v) is 11.9. The van der Waals surface area contributed by atoms with E-state index in [2.05, 4.69) is 10.6 Å². The summed E-state index contributed by atoms with van der Waals surface area (Å²) in [7, 11) is 1.42. The van der Waals surface area contributed by atoms with Crippen LogP contribution in [-0.4, -0.2) is 72.6 Å². The number of rotatable bonds is 8. The first kappa shape index (κ1) is 16.9. The van der Waals surface area contributed by atoms with Crippen molar-refractivity contribution in [3.05, 3.63) is 0 Å². The fourth-order valence-corrected chi connectivity index (χ4v) is 1.98. The van der Waals surface area contributed by atoms with Crippen molar-refractivity contribution in [2.24, 2.45) is 0 Å². The van der Waals surface area contributed by atoms with Gasteiger partial charge in [0.2, 0.25) is 12.3 Å². The molecule has 0 bridgehead atoms. The maximum absolute atomic E-state index is 11.6. The van der Waals surface area contributed by atoms with Gasteiger partial charge >= 0.3 is 11.9 Å². The lowest BCUT2D eigenvalue weighted by molar-refractivity contribution is -0.144. The molecule has 0 aromatic rings. The van der Waals surface area contributed by atoms with Crippen LogP contribution in [0.2, 0.25) is 0 Å². The lowest BCUT2D eigenvalue weighted by Crippen LogP contribution is -2.52. The fraction of sp³-hybridized carbons (Fsp3) is 0.667. The van der Waals surface area contributed by atoms with Crippen LogP contribution in [-0.2, 0) is 23.9 Å². The summed E-state index contributed by atoms with van der Waals surface area (Å²) in [6, 6.07) is -1.80. The first-order chi connectivity index (χ1) is 9.85. The smallest absolute Gasteiger partial charge is 0.323 e. The largest absolute Gasteiger partial charge is 0.480 e. The van der Waals surface area contributed by atoms with Crippen molar-refractivity contribution in [1.29, 1.82) is 0 Å². The minimum Gasteiger partial charge on any atom is -0.480 e. The number of hydrogen-bond donors (Lipinski definition) is 3. The molecule has 0 spiro atoms. The van der Waals surface area contributed by atoms with Gasteiger partial charge in [-0.3, -0.25) is 24.5 Å². The minimum atomic E-state index is -1.18. The van der Waals surface area contributed by atoms with Crippen molar-refractivity contribution in [2.75, 3.05) is 20.1 Å². The zero-order valence-electron chi connectivity index (χ0n) is 11.9. The quantitative estimate of drug-likeness (QED) is 0.347. The van der Waals surface area contributed by atoms with Crippen LogP contribution in [0.3, 0.4) is 0 Å². The van der Waals surface area contributed by atoms with E-state index in [9.17, 15) is 19.2 Å². The van der Waals surface area contributed by atoms with Gasteiger partial charge in [0.05, 0.1) is 6.54 Å². The predicted octanol–water partition coefficient (Wildman–Crippen LogP) is -2.06. The highest BCUT2D eigenvalue weighted by Gasteiger charge is 2.35. The maximum Gasteiger partial charge on any atom is 0.323 e. The van der Waals surface area contributed by atoms with Gasteiger partial charge in [-0.25, -0.2) is 0 Å². The predicted molar refractivity (Wildman–Crippen MR) is 70.2 cm³/mol. The molecule has 1 aliphatic heterocycles. The molecule has 3 N–H and O–H groups in total. The second-order valence-corrected chi connectivity index (χ2v) is 4.87. The first-order valence-electron chi connectivity index (χ1n) is 6.45. The van der Waals surface area contributed by atoms with Gasteiger partial charge in [-0.1, -0.05) is 0 Å². The summed E-state index contributed by atoms with van der Waals surface area (Å²) < 4.78 is 4.94. The molecule has 118 valence electrons. The van der Waals surface area contributed by atoms with Gasteiger partial charge < -0.3 is 20.1 Å². The van der Waals surface area contributed by atoms with Crippen molar-refractivity contribution >= 4 is 24.3 Å². The average molecular weight is 301 g/mol. The molecule has 9 heteroatoms. The summed E-state index contributed by atoms with van der Waals surface area (Å²) in [6.45, 7) is 1.37. The second-order valence-electron chi connectivity index (χ2n) is 4.87.